The van der Waals surface area contributed by atoms with Gasteiger partial charge in [-0.3, -0.25) is 4.79 Å². The summed E-state index contributed by atoms with van der Waals surface area (Å²) >= 11 is 0. The standard InChI is InChI=1S/C14H17N3O2/c1-17(2)9-8-15-14(18)12-10-13(19-16-12)11-6-4-3-5-7-11/h3-7,10H,8-9H2,1-2H3,(H,15,18). The quantitative estimate of drug-likeness (QED) is 0.886. The molecule has 2 aromatic rings. The minimum atomic E-state index is -0.215. The van der Waals surface area contributed by atoms with E-state index in [1.165, 1.54) is 0 Å². The third kappa shape index (κ3) is 3.66. The van der Waals surface area contributed by atoms with Crippen LogP contribution in [0.5, 0.6) is 0 Å². The van der Waals surface area contributed by atoms with Crippen LogP contribution in [0.25, 0.3) is 11.3 Å². The largest absolute Gasteiger partial charge is 0.355 e. The number of nitrogens with one attached hydrogen (secondary N) is 1. The van der Waals surface area contributed by atoms with Crippen LogP contribution < -0.4 is 5.32 Å². The van der Waals surface area contributed by atoms with Crippen molar-refractivity contribution < 1.29 is 9.32 Å². The molecule has 1 aromatic carbocycles. The van der Waals surface area contributed by atoms with Crippen molar-refractivity contribution in [3.05, 3.63) is 42.1 Å². The molecule has 0 bridgehead atoms. The van der Waals surface area contributed by atoms with Gasteiger partial charge in [0, 0.05) is 24.7 Å². The highest BCUT2D eigenvalue weighted by Crippen LogP contribution is 2.19. The number of carbonyl (C=O) groups excluding carboxylic acids is 1. The predicted octanol–water partition coefficient (Wildman–Crippen LogP) is 1.63. The molecular weight excluding hydrogens is 242 g/mol. The molecule has 100 valence electrons. The summed E-state index contributed by atoms with van der Waals surface area (Å²) in [5, 5.41) is 6.58. The van der Waals surface area contributed by atoms with Gasteiger partial charge in [0.15, 0.2) is 11.5 Å². The molecule has 0 spiro atoms. The number of nitrogens with zero attached hydrogens (tertiary/aromatic N) is 2. The summed E-state index contributed by atoms with van der Waals surface area (Å²) in [4.78, 5) is 13.8. The average molecular weight is 259 g/mol. The highest BCUT2D eigenvalue weighted by molar-refractivity contribution is 5.93. The number of rotatable bonds is 5. The molecule has 1 N–H and O–H groups in total. The molecule has 5 heteroatoms. The molecule has 0 aliphatic carbocycles. The lowest BCUT2D eigenvalue weighted by Crippen LogP contribution is -2.31. The summed E-state index contributed by atoms with van der Waals surface area (Å²) in [6.45, 7) is 1.37. The zero-order chi connectivity index (χ0) is 13.7. The molecule has 5 nitrogen and oxygen atoms in total. The van der Waals surface area contributed by atoms with E-state index in [1.807, 2.05) is 49.3 Å². The molecule has 1 aromatic heterocycles. The summed E-state index contributed by atoms with van der Waals surface area (Å²) in [6, 6.07) is 11.2. The topological polar surface area (TPSA) is 58.4 Å². The first-order chi connectivity index (χ1) is 9.16. The second kappa shape index (κ2) is 6.15. The molecule has 0 fully saturated rings. The third-order valence-electron chi connectivity index (χ3n) is 2.65. The molecule has 1 amide bonds. The third-order valence-corrected chi connectivity index (χ3v) is 2.65. The average Bonchev–Trinajstić information content (AvgIpc) is 2.89. The predicted molar refractivity (Wildman–Crippen MR) is 72.8 cm³/mol. The normalized spacial score (nSPS) is 10.7. The van der Waals surface area contributed by atoms with E-state index in [1.54, 1.807) is 6.07 Å². The number of hydrogen-bond donors (Lipinski definition) is 1. The molecule has 0 unspecified atom stereocenters. The van der Waals surface area contributed by atoms with Crippen LogP contribution in [0.15, 0.2) is 40.9 Å². The second-order valence-corrected chi connectivity index (χ2v) is 4.50. The van der Waals surface area contributed by atoms with Crippen LogP contribution in [0.4, 0.5) is 0 Å². The van der Waals surface area contributed by atoms with Gasteiger partial charge in [-0.1, -0.05) is 35.5 Å². The van der Waals surface area contributed by atoms with Crippen LogP contribution in [0, 0.1) is 0 Å². The van der Waals surface area contributed by atoms with Crippen molar-refractivity contribution in [1.82, 2.24) is 15.4 Å². The number of hydrogen-bond acceptors (Lipinski definition) is 4. The van der Waals surface area contributed by atoms with Crippen LogP contribution in [0.1, 0.15) is 10.5 Å². The Hall–Kier alpha value is -2.14. The summed E-state index contributed by atoms with van der Waals surface area (Å²) in [6.07, 6.45) is 0. The molecule has 2 rings (SSSR count). The second-order valence-electron chi connectivity index (χ2n) is 4.50. The van der Waals surface area contributed by atoms with Crippen LogP contribution in [0.3, 0.4) is 0 Å². The maximum Gasteiger partial charge on any atom is 0.273 e. The molecular formula is C14H17N3O2. The first-order valence-electron chi connectivity index (χ1n) is 6.12. The van der Waals surface area contributed by atoms with E-state index in [-0.39, 0.29) is 5.91 Å². The fourth-order valence-corrected chi connectivity index (χ4v) is 1.60. The fourth-order valence-electron chi connectivity index (χ4n) is 1.60. The van der Waals surface area contributed by atoms with Crippen molar-refractivity contribution in [2.75, 3.05) is 27.2 Å². The monoisotopic (exact) mass is 259 g/mol. The van der Waals surface area contributed by atoms with E-state index < -0.39 is 0 Å². The van der Waals surface area contributed by atoms with E-state index in [0.717, 1.165) is 12.1 Å². The van der Waals surface area contributed by atoms with Gasteiger partial charge in [0.25, 0.3) is 5.91 Å². The number of benzene rings is 1. The number of aromatic nitrogens is 1. The molecule has 0 saturated heterocycles. The van der Waals surface area contributed by atoms with Crippen molar-refractivity contribution >= 4 is 5.91 Å². The van der Waals surface area contributed by atoms with Gasteiger partial charge in [-0.25, -0.2) is 0 Å². The Balaban J connectivity index is 1.99. The molecule has 19 heavy (non-hydrogen) atoms. The smallest absolute Gasteiger partial charge is 0.273 e. The van der Waals surface area contributed by atoms with Crippen LogP contribution in [-0.2, 0) is 0 Å². The van der Waals surface area contributed by atoms with E-state index in [4.69, 9.17) is 4.52 Å². The molecule has 0 aliphatic rings. The van der Waals surface area contributed by atoms with Gasteiger partial charge in [0.05, 0.1) is 0 Å². The summed E-state index contributed by atoms with van der Waals surface area (Å²) in [7, 11) is 3.91. The van der Waals surface area contributed by atoms with E-state index in [9.17, 15) is 4.79 Å². The minimum absolute atomic E-state index is 0.215. The lowest BCUT2D eigenvalue weighted by atomic mass is 10.1. The lowest BCUT2D eigenvalue weighted by Gasteiger charge is -2.08. The van der Waals surface area contributed by atoms with Gasteiger partial charge in [-0.15, -0.1) is 0 Å². The van der Waals surface area contributed by atoms with E-state index in [2.05, 4.69) is 10.5 Å². The Morgan fingerprint density at radius 1 is 1.32 bits per heavy atom. The van der Waals surface area contributed by atoms with Crippen molar-refractivity contribution in [2.24, 2.45) is 0 Å². The van der Waals surface area contributed by atoms with Crippen LogP contribution >= 0.6 is 0 Å². The summed E-state index contributed by atoms with van der Waals surface area (Å²) < 4.78 is 5.18. The van der Waals surface area contributed by atoms with Gasteiger partial charge in [0.1, 0.15) is 0 Å². The van der Waals surface area contributed by atoms with Crippen molar-refractivity contribution in [1.29, 1.82) is 0 Å². The highest BCUT2D eigenvalue weighted by atomic mass is 16.5. The van der Waals surface area contributed by atoms with Crippen LogP contribution in [-0.4, -0.2) is 43.1 Å². The fraction of sp³-hybridized carbons (Fsp3) is 0.286. The molecule has 0 radical (unpaired) electrons. The molecule has 0 aliphatic heterocycles. The Kier molecular flexibility index (Phi) is 4.30. The van der Waals surface area contributed by atoms with E-state index >= 15 is 0 Å². The van der Waals surface area contributed by atoms with Crippen molar-refractivity contribution in [2.45, 2.75) is 0 Å². The maximum absolute atomic E-state index is 11.8. The first kappa shape index (κ1) is 13.3. The molecule has 0 atom stereocenters. The van der Waals surface area contributed by atoms with Gasteiger partial charge in [-0.05, 0) is 14.1 Å². The van der Waals surface area contributed by atoms with Crippen molar-refractivity contribution in [3.63, 3.8) is 0 Å². The highest BCUT2D eigenvalue weighted by Gasteiger charge is 2.12. The van der Waals surface area contributed by atoms with Crippen LogP contribution in [0.2, 0.25) is 0 Å². The van der Waals surface area contributed by atoms with Gasteiger partial charge in [0.2, 0.25) is 0 Å². The Morgan fingerprint density at radius 3 is 2.74 bits per heavy atom. The van der Waals surface area contributed by atoms with Gasteiger partial charge < -0.3 is 14.7 Å². The summed E-state index contributed by atoms with van der Waals surface area (Å²) in [5.41, 5.74) is 1.21. The van der Waals surface area contributed by atoms with E-state index in [0.29, 0.717) is 18.0 Å². The summed E-state index contributed by atoms with van der Waals surface area (Å²) in [5.74, 6) is 0.381. The maximum atomic E-state index is 11.8. The molecule has 1 heterocycles. The Labute approximate surface area is 112 Å². The van der Waals surface area contributed by atoms with Crippen molar-refractivity contribution in [3.8, 4) is 11.3 Å². The Bertz CT molecular complexity index is 535. The number of carbonyl (C=O) groups is 1. The minimum Gasteiger partial charge on any atom is -0.355 e. The first-order valence-corrected chi connectivity index (χ1v) is 6.12. The van der Waals surface area contributed by atoms with Gasteiger partial charge >= 0.3 is 0 Å². The van der Waals surface area contributed by atoms with Gasteiger partial charge in [-0.2, -0.15) is 0 Å². The lowest BCUT2D eigenvalue weighted by molar-refractivity contribution is 0.0942. The zero-order valence-electron chi connectivity index (χ0n) is 11.1. The number of likely N-dealkylation sites (N-methyl/N-ethyl adjacent to an activating group) is 1. The Morgan fingerprint density at radius 2 is 2.05 bits per heavy atom. The number of amides is 1. The zero-order valence-corrected chi connectivity index (χ0v) is 11.1. The SMILES string of the molecule is CN(C)CCNC(=O)c1cc(-c2ccccc2)on1. The molecule has 0 saturated carbocycles.